The lowest BCUT2D eigenvalue weighted by Crippen LogP contribution is -2.08. The van der Waals surface area contributed by atoms with Crippen molar-refractivity contribution in [2.45, 2.75) is 13.0 Å². The summed E-state index contributed by atoms with van der Waals surface area (Å²) in [7, 11) is 1.38. The molecular weight excluding hydrogens is 166 g/mol. The monoisotopic (exact) mass is 179 g/mol. The molecule has 0 amide bonds. The Labute approximate surface area is 77.5 Å². The normalized spacial score (nSPS) is 9.69. The molecule has 1 aromatic carbocycles. The van der Waals surface area contributed by atoms with Gasteiger partial charge in [0.1, 0.15) is 0 Å². The zero-order valence-corrected chi connectivity index (χ0v) is 7.62. The molecule has 70 valence electrons. The standard InChI is InChI=1S/C10H13NO2/c1-13-10(12)6-8-4-2-3-5-9(8)7-11/h2-5H,6-7,11H2,1H3. The van der Waals surface area contributed by atoms with Crippen LogP contribution >= 0.6 is 0 Å². The Balaban J connectivity index is 2.81. The lowest BCUT2D eigenvalue weighted by molar-refractivity contribution is -0.139. The maximum absolute atomic E-state index is 11.0. The van der Waals surface area contributed by atoms with E-state index in [1.165, 1.54) is 7.11 Å². The van der Waals surface area contributed by atoms with E-state index >= 15 is 0 Å². The summed E-state index contributed by atoms with van der Waals surface area (Å²) in [4.78, 5) is 11.0. The van der Waals surface area contributed by atoms with Crippen LogP contribution in [0.25, 0.3) is 0 Å². The molecule has 0 unspecified atom stereocenters. The van der Waals surface area contributed by atoms with Gasteiger partial charge in [-0.15, -0.1) is 0 Å². The molecule has 13 heavy (non-hydrogen) atoms. The Hall–Kier alpha value is -1.35. The number of hydrogen-bond donors (Lipinski definition) is 1. The highest BCUT2D eigenvalue weighted by Crippen LogP contribution is 2.08. The number of carbonyl (C=O) groups is 1. The second-order valence-electron chi connectivity index (χ2n) is 2.73. The highest BCUT2D eigenvalue weighted by molar-refractivity contribution is 5.72. The molecule has 0 spiro atoms. The Morgan fingerprint density at radius 3 is 2.54 bits per heavy atom. The van der Waals surface area contributed by atoms with E-state index < -0.39 is 0 Å². The van der Waals surface area contributed by atoms with Crippen LogP contribution in [-0.2, 0) is 22.5 Å². The van der Waals surface area contributed by atoms with Crippen molar-refractivity contribution in [2.24, 2.45) is 5.73 Å². The fourth-order valence-corrected chi connectivity index (χ4v) is 1.16. The first-order valence-corrected chi connectivity index (χ1v) is 4.11. The van der Waals surface area contributed by atoms with Gasteiger partial charge in [-0.3, -0.25) is 4.79 Å². The van der Waals surface area contributed by atoms with Crippen LogP contribution in [-0.4, -0.2) is 13.1 Å². The molecule has 0 bridgehead atoms. The van der Waals surface area contributed by atoms with Crippen molar-refractivity contribution in [1.29, 1.82) is 0 Å². The predicted molar refractivity (Wildman–Crippen MR) is 50.1 cm³/mol. The number of hydrogen-bond acceptors (Lipinski definition) is 3. The van der Waals surface area contributed by atoms with Gasteiger partial charge >= 0.3 is 5.97 Å². The summed E-state index contributed by atoms with van der Waals surface area (Å²) >= 11 is 0. The summed E-state index contributed by atoms with van der Waals surface area (Å²) in [6, 6.07) is 7.60. The van der Waals surface area contributed by atoms with Crippen LogP contribution in [0, 0.1) is 0 Å². The molecular formula is C10H13NO2. The van der Waals surface area contributed by atoms with Crippen LogP contribution in [0.2, 0.25) is 0 Å². The predicted octanol–water partition coefficient (Wildman–Crippen LogP) is 0.861. The van der Waals surface area contributed by atoms with Crippen molar-refractivity contribution in [3.63, 3.8) is 0 Å². The van der Waals surface area contributed by atoms with E-state index in [-0.39, 0.29) is 5.97 Å². The van der Waals surface area contributed by atoms with Gasteiger partial charge in [0.15, 0.2) is 0 Å². The van der Waals surface area contributed by atoms with Crippen LogP contribution in [0.15, 0.2) is 24.3 Å². The third kappa shape index (κ3) is 2.56. The highest BCUT2D eigenvalue weighted by Gasteiger charge is 2.05. The highest BCUT2D eigenvalue weighted by atomic mass is 16.5. The lowest BCUT2D eigenvalue weighted by atomic mass is 10.1. The molecule has 0 saturated heterocycles. The number of esters is 1. The van der Waals surface area contributed by atoms with E-state index in [2.05, 4.69) is 4.74 Å². The van der Waals surface area contributed by atoms with Gasteiger partial charge in [0.25, 0.3) is 0 Å². The Morgan fingerprint density at radius 1 is 1.38 bits per heavy atom. The molecule has 3 heteroatoms. The van der Waals surface area contributed by atoms with Crippen molar-refractivity contribution in [1.82, 2.24) is 0 Å². The average Bonchev–Trinajstić information content (AvgIpc) is 2.18. The van der Waals surface area contributed by atoms with E-state index in [0.717, 1.165) is 11.1 Å². The molecule has 0 aromatic heterocycles. The SMILES string of the molecule is COC(=O)Cc1ccccc1CN. The largest absolute Gasteiger partial charge is 0.469 e. The van der Waals surface area contributed by atoms with E-state index in [9.17, 15) is 4.79 Å². The van der Waals surface area contributed by atoms with Gasteiger partial charge in [-0.1, -0.05) is 24.3 Å². The second-order valence-corrected chi connectivity index (χ2v) is 2.73. The number of methoxy groups -OCH3 is 1. The zero-order valence-electron chi connectivity index (χ0n) is 7.62. The van der Waals surface area contributed by atoms with Gasteiger partial charge in [-0.25, -0.2) is 0 Å². The minimum atomic E-state index is -0.235. The molecule has 0 atom stereocenters. The second kappa shape index (κ2) is 4.62. The van der Waals surface area contributed by atoms with E-state index in [0.29, 0.717) is 13.0 Å². The first kappa shape index (κ1) is 9.74. The first-order chi connectivity index (χ1) is 6.27. The molecule has 3 nitrogen and oxygen atoms in total. The molecule has 1 rings (SSSR count). The first-order valence-electron chi connectivity index (χ1n) is 4.11. The van der Waals surface area contributed by atoms with E-state index in [4.69, 9.17) is 5.73 Å². The summed E-state index contributed by atoms with van der Waals surface area (Å²) < 4.78 is 4.57. The van der Waals surface area contributed by atoms with Crippen molar-refractivity contribution in [3.8, 4) is 0 Å². The van der Waals surface area contributed by atoms with Gasteiger partial charge in [-0.05, 0) is 11.1 Å². The molecule has 0 heterocycles. The third-order valence-corrected chi connectivity index (χ3v) is 1.90. The van der Waals surface area contributed by atoms with E-state index in [1.807, 2.05) is 24.3 Å². The van der Waals surface area contributed by atoms with Crippen LogP contribution in [0.4, 0.5) is 0 Å². The van der Waals surface area contributed by atoms with Crippen molar-refractivity contribution in [3.05, 3.63) is 35.4 Å². The maximum atomic E-state index is 11.0. The average molecular weight is 179 g/mol. The summed E-state index contributed by atoms with van der Waals surface area (Å²) in [5.74, 6) is -0.235. The summed E-state index contributed by atoms with van der Waals surface area (Å²) in [5, 5.41) is 0. The summed E-state index contributed by atoms with van der Waals surface area (Å²) in [6.07, 6.45) is 0.296. The van der Waals surface area contributed by atoms with Gasteiger partial charge < -0.3 is 10.5 Å². The minimum absolute atomic E-state index is 0.235. The zero-order chi connectivity index (χ0) is 9.68. The molecule has 1 aromatic rings. The molecule has 2 N–H and O–H groups in total. The molecule has 0 radical (unpaired) electrons. The molecule has 0 saturated carbocycles. The van der Waals surface area contributed by atoms with Crippen LogP contribution in [0.5, 0.6) is 0 Å². The van der Waals surface area contributed by atoms with Crippen LogP contribution in [0.3, 0.4) is 0 Å². The van der Waals surface area contributed by atoms with Crippen molar-refractivity contribution < 1.29 is 9.53 Å². The molecule has 0 aliphatic heterocycles. The van der Waals surface area contributed by atoms with Gasteiger partial charge in [0.05, 0.1) is 13.5 Å². The number of carbonyl (C=O) groups excluding carboxylic acids is 1. The molecule has 0 fully saturated rings. The molecule has 0 aliphatic carbocycles. The lowest BCUT2D eigenvalue weighted by Gasteiger charge is -2.05. The quantitative estimate of drug-likeness (QED) is 0.700. The number of benzene rings is 1. The Bertz CT molecular complexity index is 297. The smallest absolute Gasteiger partial charge is 0.309 e. The van der Waals surface area contributed by atoms with Crippen molar-refractivity contribution in [2.75, 3.05) is 7.11 Å². The summed E-state index contributed by atoms with van der Waals surface area (Å²) in [5.41, 5.74) is 7.45. The number of rotatable bonds is 3. The topological polar surface area (TPSA) is 52.3 Å². The fourth-order valence-electron chi connectivity index (χ4n) is 1.16. The fraction of sp³-hybridized carbons (Fsp3) is 0.300. The number of nitrogens with two attached hydrogens (primary N) is 1. The third-order valence-electron chi connectivity index (χ3n) is 1.90. The maximum Gasteiger partial charge on any atom is 0.309 e. The summed E-state index contributed by atoms with van der Waals surface area (Å²) in [6.45, 7) is 0.452. The molecule has 0 aliphatic rings. The van der Waals surface area contributed by atoms with Crippen LogP contribution in [0.1, 0.15) is 11.1 Å². The van der Waals surface area contributed by atoms with Crippen LogP contribution < -0.4 is 5.73 Å². The number of ether oxygens (including phenoxy) is 1. The van der Waals surface area contributed by atoms with Gasteiger partial charge in [0.2, 0.25) is 0 Å². The van der Waals surface area contributed by atoms with E-state index in [1.54, 1.807) is 0 Å². The van der Waals surface area contributed by atoms with Crippen molar-refractivity contribution >= 4 is 5.97 Å². The van der Waals surface area contributed by atoms with Gasteiger partial charge in [0, 0.05) is 6.54 Å². The Morgan fingerprint density at radius 2 is 2.00 bits per heavy atom. The Kier molecular flexibility index (Phi) is 3.46. The van der Waals surface area contributed by atoms with Gasteiger partial charge in [-0.2, -0.15) is 0 Å². The minimum Gasteiger partial charge on any atom is -0.469 e.